The van der Waals surface area contributed by atoms with E-state index in [-0.39, 0.29) is 11.9 Å². The third-order valence-electron chi connectivity index (χ3n) is 2.63. The molecule has 0 radical (unpaired) electrons. The third-order valence-corrected chi connectivity index (χ3v) is 3.80. The van der Waals surface area contributed by atoms with E-state index in [1.807, 2.05) is 19.1 Å². The van der Waals surface area contributed by atoms with Crippen molar-refractivity contribution in [3.05, 3.63) is 23.7 Å². The van der Waals surface area contributed by atoms with E-state index < -0.39 is 0 Å². The van der Waals surface area contributed by atoms with Crippen molar-refractivity contribution in [2.45, 2.75) is 43.4 Å². The Kier molecular flexibility index (Phi) is 4.32. The largest absolute Gasteiger partial charge is 0.464 e. The van der Waals surface area contributed by atoms with Gasteiger partial charge in [-0.1, -0.05) is 6.92 Å². The van der Waals surface area contributed by atoms with Crippen LogP contribution in [0.1, 0.15) is 31.3 Å². The summed E-state index contributed by atoms with van der Waals surface area (Å²) < 4.78 is 5.69. The summed E-state index contributed by atoms with van der Waals surface area (Å²) >= 11 is 1.72. The molecule has 0 aromatic carbocycles. The number of rotatable bonds is 7. The van der Waals surface area contributed by atoms with E-state index in [9.17, 15) is 0 Å². The van der Waals surface area contributed by atoms with Gasteiger partial charge in [-0.25, -0.2) is 0 Å². The van der Waals surface area contributed by atoms with Crippen LogP contribution in [0.3, 0.4) is 0 Å². The molecule has 1 aromatic heterocycles. The zero-order valence-corrected chi connectivity index (χ0v) is 10.4. The highest BCUT2D eigenvalue weighted by molar-refractivity contribution is 7.99. The first kappa shape index (κ1) is 12.0. The van der Waals surface area contributed by atoms with Crippen LogP contribution < -0.4 is 5.32 Å². The van der Waals surface area contributed by atoms with Crippen molar-refractivity contribution in [2.75, 3.05) is 6.61 Å². The topological polar surface area (TPSA) is 45.4 Å². The maximum atomic E-state index is 8.91. The van der Waals surface area contributed by atoms with Gasteiger partial charge < -0.3 is 14.8 Å². The minimum absolute atomic E-state index is 0.224. The van der Waals surface area contributed by atoms with Crippen LogP contribution in [0.25, 0.3) is 0 Å². The fourth-order valence-electron chi connectivity index (χ4n) is 1.40. The van der Waals surface area contributed by atoms with Crippen molar-refractivity contribution >= 4 is 11.8 Å². The van der Waals surface area contributed by atoms with Gasteiger partial charge in [-0.2, -0.15) is 0 Å². The lowest BCUT2D eigenvalue weighted by molar-refractivity contribution is 0.300. The lowest BCUT2D eigenvalue weighted by Crippen LogP contribution is -2.14. The van der Waals surface area contributed by atoms with Gasteiger partial charge in [-0.3, -0.25) is 0 Å². The average Bonchev–Trinajstić information content (AvgIpc) is 3.02. The Balaban J connectivity index is 1.72. The minimum Gasteiger partial charge on any atom is -0.464 e. The Labute approximate surface area is 101 Å². The molecule has 3 nitrogen and oxygen atoms in total. The lowest BCUT2D eigenvalue weighted by atomic mass is 10.4. The molecule has 1 fully saturated rings. The molecule has 1 unspecified atom stereocenters. The number of nitrogens with one attached hydrogen (secondary N) is 1. The molecule has 1 heterocycles. The van der Waals surface area contributed by atoms with Gasteiger partial charge in [0.05, 0.1) is 18.9 Å². The Morgan fingerprint density at radius 3 is 2.94 bits per heavy atom. The van der Waals surface area contributed by atoms with Crippen molar-refractivity contribution in [1.29, 1.82) is 0 Å². The van der Waals surface area contributed by atoms with Crippen LogP contribution in [-0.4, -0.2) is 23.0 Å². The van der Waals surface area contributed by atoms with Gasteiger partial charge in [0.25, 0.3) is 0 Å². The summed E-state index contributed by atoms with van der Waals surface area (Å²) in [7, 11) is 0. The van der Waals surface area contributed by atoms with Crippen LogP contribution in [0.15, 0.2) is 16.5 Å². The molecule has 0 bridgehead atoms. The molecule has 1 atom stereocenters. The summed E-state index contributed by atoms with van der Waals surface area (Å²) in [6.45, 7) is 3.08. The summed E-state index contributed by atoms with van der Waals surface area (Å²) in [5.41, 5.74) is 0. The summed E-state index contributed by atoms with van der Waals surface area (Å²) in [6.07, 6.45) is 2.61. The number of thioether (sulfide) groups is 1. The maximum absolute atomic E-state index is 8.91. The van der Waals surface area contributed by atoms with Gasteiger partial charge in [0.1, 0.15) is 11.5 Å². The molecule has 0 saturated heterocycles. The van der Waals surface area contributed by atoms with E-state index in [1.165, 1.54) is 12.8 Å². The third kappa shape index (κ3) is 3.85. The highest BCUT2D eigenvalue weighted by Crippen LogP contribution is 2.21. The maximum Gasteiger partial charge on any atom is 0.118 e. The molecule has 0 aliphatic heterocycles. The summed E-state index contributed by atoms with van der Waals surface area (Å²) in [5.74, 6) is 2.85. The second-order valence-electron chi connectivity index (χ2n) is 4.33. The zero-order valence-electron chi connectivity index (χ0n) is 9.61. The monoisotopic (exact) mass is 241 g/mol. The van der Waals surface area contributed by atoms with Crippen LogP contribution in [0.2, 0.25) is 0 Å². The van der Waals surface area contributed by atoms with Gasteiger partial charge in [0.2, 0.25) is 0 Å². The first-order valence-corrected chi connectivity index (χ1v) is 6.86. The Bertz CT molecular complexity index is 323. The molecule has 4 heteroatoms. The Morgan fingerprint density at radius 1 is 1.50 bits per heavy atom. The van der Waals surface area contributed by atoms with Gasteiger partial charge in [0.15, 0.2) is 0 Å². The number of aliphatic hydroxyl groups excluding tert-OH is 1. The summed E-state index contributed by atoms with van der Waals surface area (Å²) in [5, 5.41) is 12.6. The van der Waals surface area contributed by atoms with Crippen molar-refractivity contribution in [3.63, 3.8) is 0 Å². The summed E-state index contributed by atoms with van der Waals surface area (Å²) in [4.78, 5) is 0. The molecule has 1 aliphatic rings. The van der Waals surface area contributed by atoms with Gasteiger partial charge in [-0.05, 0) is 25.0 Å². The molecule has 16 heavy (non-hydrogen) atoms. The molecular weight excluding hydrogens is 222 g/mol. The Morgan fingerprint density at radius 2 is 2.25 bits per heavy atom. The van der Waals surface area contributed by atoms with E-state index >= 15 is 0 Å². The standard InChI is InChI=1S/C12H19NO2S/c1-9(7-14)16-8-12-5-4-11(15-12)6-13-10-2-3-10/h4-5,9-10,13-14H,2-3,6-8H2,1H3. The van der Waals surface area contributed by atoms with Crippen LogP contribution in [0.5, 0.6) is 0 Å². The average molecular weight is 241 g/mol. The zero-order chi connectivity index (χ0) is 11.4. The number of furan rings is 1. The minimum atomic E-state index is 0.224. The molecule has 2 rings (SSSR count). The fourth-order valence-corrected chi connectivity index (χ4v) is 2.11. The molecule has 0 spiro atoms. The molecule has 2 N–H and O–H groups in total. The van der Waals surface area contributed by atoms with Gasteiger partial charge in [-0.15, -0.1) is 11.8 Å². The Hall–Kier alpha value is -0.450. The van der Waals surface area contributed by atoms with Crippen LogP contribution in [0, 0.1) is 0 Å². The second kappa shape index (κ2) is 5.75. The molecule has 90 valence electrons. The fraction of sp³-hybridized carbons (Fsp3) is 0.667. The van der Waals surface area contributed by atoms with Crippen LogP contribution >= 0.6 is 11.8 Å². The number of hydrogen-bond acceptors (Lipinski definition) is 4. The molecule has 1 aromatic rings. The predicted molar refractivity (Wildman–Crippen MR) is 66.4 cm³/mol. The molecular formula is C12H19NO2S. The first-order valence-electron chi connectivity index (χ1n) is 5.81. The SMILES string of the molecule is CC(CO)SCc1ccc(CNC2CC2)o1. The van der Waals surface area contributed by atoms with Crippen molar-refractivity contribution in [2.24, 2.45) is 0 Å². The lowest BCUT2D eigenvalue weighted by Gasteiger charge is -2.05. The highest BCUT2D eigenvalue weighted by atomic mass is 32.2. The smallest absolute Gasteiger partial charge is 0.118 e. The molecule has 1 aliphatic carbocycles. The summed E-state index contributed by atoms with van der Waals surface area (Å²) in [6, 6.07) is 4.79. The van der Waals surface area contributed by atoms with Crippen molar-refractivity contribution in [3.8, 4) is 0 Å². The highest BCUT2D eigenvalue weighted by Gasteiger charge is 2.20. The molecule has 1 saturated carbocycles. The van der Waals surface area contributed by atoms with Crippen molar-refractivity contribution in [1.82, 2.24) is 5.32 Å². The quantitative estimate of drug-likeness (QED) is 0.768. The number of aliphatic hydroxyl groups is 1. The van der Waals surface area contributed by atoms with E-state index in [0.29, 0.717) is 0 Å². The first-order chi connectivity index (χ1) is 7.78. The van der Waals surface area contributed by atoms with Crippen molar-refractivity contribution < 1.29 is 9.52 Å². The number of hydrogen-bond donors (Lipinski definition) is 2. The molecule has 0 amide bonds. The predicted octanol–water partition coefficient (Wildman–Crippen LogP) is 2.15. The van der Waals surface area contributed by atoms with E-state index in [2.05, 4.69) is 5.32 Å². The normalized spacial score (nSPS) is 17.6. The van der Waals surface area contributed by atoms with E-state index in [1.54, 1.807) is 11.8 Å². The van der Waals surface area contributed by atoms with E-state index in [0.717, 1.165) is 29.9 Å². The van der Waals surface area contributed by atoms with Crippen LogP contribution in [0.4, 0.5) is 0 Å². The second-order valence-corrected chi connectivity index (χ2v) is 5.75. The van der Waals surface area contributed by atoms with Crippen LogP contribution in [-0.2, 0) is 12.3 Å². The van der Waals surface area contributed by atoms with E-state index in [4.69, 9.17) is 9.52 Å². The van der Waals surface area contributed by atoms with Gasteiger partial charge in [0, 0.05) is 11.3 Å². The van der Waals surface area contributed by atoms with Gasteiger partial charge >= 0.3 is 0 Å².